The molecule has 0 spiro atoms. The molecule has 3 aliphatic rings. The van der Waals surface area contributed by atoms with Crippen LogP contribution in [0.15, 0.2) is 60.7 Å². The van der Waals surface area contributed by atoms with Crippen molar-refractivity contribution in [3.05, 3.63) is 89.0 Å². The summed E-state index contributed by atoms with van der Waals surface area (Å²) in [5.41, 5.74) is 9.81. The fourth-order valence-corrected chi connectivity index (χ4v) is 7.62. The van der Waals surface area contributed by atoms with E-state index < -0.39 is 0 Å². The van der Waals surface area contributed by atoms with Gasteiger partial charge in [0.25, 0.3) is 0 Å². The number of imidazole rings is 2. The minimum atomic E-state index is 0.121. The molecule has 7 nitrogen and oxygen atoms in total. The molecular formula is C36H43N7. The summed E-state index contributed by atoms with van der Waals surface area (Å²) in [7, 11) is 0. The van der Waals surface area contributed by atoms with E-state index in [1.54, 1.807) is 0 Å². The molecular weight excluding hydrogens is 530 g/mol. The molecule has 8 rings (SSSR count). The van der Waals surface area contributed by atoms with Gasteiger partial charge in [0.15, 0.2) is 0 Å². The second kappa shape index (κ2) is 10.5. The van der Waals surface area contributed by atoms with Crippen LogP contribution < -0.4 is 15.5 Å². The minimum Gasteiger partial charge on any atom is -0.357 e. The number of hydrogen-bond donors (Lipinski definition) is 4. The van der Waals surface area contributed by atoms with Gasteiger partial charge in [-0.3, -0.25) is 0 Å². The number of nitrogens with zero attached hydrogens (tertiary/aromatic N) is 3. The maximum Gasteiger partial charge on any atom is 0.124 e. The maximum atomic E-state index is 5.06. The Morgan fingerprint density at radius 3 is 1.60 bits per heavy atom. The minimum absolute atomic E-state index is 0.121. The number of benzene rings is 3. The molecule has 43 heavy (non-hydrogen) atoms. The van der Waals surface area contributed by atoms with Gasteiger partial charge in [-0.15, -0.1) is 0 Å². The number of aromatic nitrogens is 4. The Balaban J connectivity index is 1.16. The Hall–Kier alpha value is -3.68. The molecule has 0 saturated carbocycles. The average molecular weight is 574 g/mol. The summed E-state index contributed by atoms with van der Waals surface area (Å²) in [6.45, 7) is 9.00. The quantitative estimate of drug-likeness (QED) is 0.173. The fraction of sp³-hybridized carbons (Fsp3) is 0.444. The molecule has 0 radical (unpaired) electrons. The molecule has 3 aliphatic heterocycles. The van der Waals surface area contributed by atoms with Crippen molar-refractivity contribution in [2.45, 2.75) is 88.9 Å². The van der Waals surface area contributed by atoms with Gasteiger partial charge in [-0.1, -0.05) is 45.0 Å². The van der Waals surface area contributed by atoms with E-state index in [9.17, 15) is 0 Å². The van der Waals surface area contributed by atoms with Gasteiger partial charge >= 0.3 is 0 Å². The molecule has 7 heteroatoms. The van der Waals surface area contributed by atoms with Crippen molar-refractivity contribution < 1.29 is 0 Å². The number of fused-ring (bicyclic) bond motifs is 2. The molecule has 4 atom stereocenters. The molecule has 0 amide bonds. The predicted molar refractivity (Wildman–Crippen MR) is 174 cm³/mol. The molecule has 3 fully saturated rings. The standard InChI is InChI=1S/C36H43N7/c1-36(2,3)24-10-12-25(13-11-24)43-32(22-8-14-26-30(20-22)41-34(39-26)28-6-4-18-37-28)16-17-33(43)23-9-15-27-31(21-23)42-35(40-27)29-7-5-19-38-29/h8-15,20-21,28-29,32-33,37-38H,4-7,16-19H2,1-3H3,(H,39,41)(H,40,42)/t28-,29-,32-,33?/m0/s1. The molecule has 4 N–H and O–H groups in total. The van der Waals surface area contributed by atoms with Gasteiger partial charge in [-0.25, -0.2) is 9.97 Å². The number of hydrogen-bond acceptors (Lipinski definition) is 5. The Labute approximate surface area is 253 Å². The summed E-state index contributed by atoms with van der Waals surface area (Å²) in [4.78, 5) is 20.0. The van der Waals surface area contributed by atoms with Gasteiger partial charge in [-0.2, -0.15) is 0 Å². The van der Waals surface area contributed by atoms with Crippen molar-refractivity contribution in [3.63, 3.8) is 0 Å². The van der Waals surface area contributed by atoms with Crippen molar-refractivity contribution in [2.75, 3.05) is 18.0 Å². The molecule has 2 aromatic heterocycles. The first-order valence-electron chi connectivity index (χ1n) is 16.3. The van der Waals surface area contributed by atoms with E-state index in [2.05, 4.69) is 107 Å². The first kappa shape index (κ1) is 26.9. The number of anilines is 1. The molecule has 222 valence electrons. The van der Waals surface area contributed by atoms with Crippen LogP contribution in [0.2, 0.25) is 0 Å². The van der Waals surface area contributed by atoms with Crippen LogP contribution in [0.5, 0.6) is 0 Å². The van der Waals surface area contributed by atoms with Crippen LogP contribution in [-0.4, -0.2) is 33.0 Å². The lowest BCUT2D eigenvalue weighted by molar-refractivity contribution is 0.589. The topological polar surface area (TPSA) is 84.7 Å². The highest BCUT2D eigenvalue weighted by atomic mass is 15.2. The molecule has 3 aromatic carbocycles. The smallest absolute Gasteiger partial charge is 0.124 e. The highest BCUT2D eigenvalue weighted by Gasteiger charge is 2.36. The van der Waals surface area contributed by atoms with Gasteiger partial charge in [0.2, 0.25) is 0 Å². The number of rotatable bonds is 5. The fourth-order valence-electron chi connectivity index (χ4n) is 7.62. The lowest BCUT2D eigenvalue weighted by Gasteiger charge is -2.34. The van der Waals surface area contributed by atoms with Crippen molar-refractivity contribution >= 4 is 27.8 Å². The third-order valence-electron chi connectivity index (χ3n) is 10.0. The Morgan fingerprint density at radius 1 is 0.651 bits per heavy atom. The molecule has 0 bridgehead atoms. The zero-order valence-electron chi connectivity index (χ0n) is 25.6. The van der Waals surface area contributed by atoms with Crippen molar-refractivity contribution in [2.24, 2.45) is 0 Å². The predicted octanol–water partition coefficient (Wildman–Crippen LogP) is 7.67. The van der Waals surface area contributed by atoms with Gasteiger partial charge in [0, 0.05) is 5.69 Å². The third-order valence-corrected chi connectivity index (χ3v) is 10.0. The van der Waals surface area contributed by atoms with Gasteiger partial charge in [0.05, 0.1) is 46.2 Å². The number of H-pyrrole nitrogens is 2. The first-order chi connectivity index (χ1) is 20.9. The van der Waals surface area contributed by atoms with Crippen LogP contribution in [0.4, 0.5) is 5.69 Å². The SMILES string of the molecule is CC(C)(C)c1ccc(N2C(c3ccc4[nH]c([C@@H]5CCCN5)nc4c3)CC[C@H]2c2ccc3[nH]c([C@@H]4CCCN4)nc3c2)cc1. The highest BCUT2D eigenvalue weighted by Crippen LogP contribution is 2.48. The van der Waals surface area contributed by atoms with E-state index in [-0.39, 0.29) is 17.5 Å². The van der Waals surface area contributed by atoms with Crippen LogP contribution in [0.25, 0.3) is 22.1 Å². The van der Waals surface area contributed by atoms with E-state index in [1.807, 2.05) is 0 Å². The molecule has 5 aromatic rings. The van der Waals surface area contributed by atoms with Crippen molar-refractivity contribution in [1.82, 2.24) is 30.6 Å². The normalized spacial score (nSPS) is 24.6. The molecule has 5 heterocycles. The van der Waals surface area contributed by atoms with Gasteiger partial charge in [0.1, 0.15) is 11.6 Å². The van der Waals surface area contributed by atoms with Crippen LogP contribution in [-0.2, 0) is 5.41 Å². The second-order valence-corrected chi connectivity index (χ2v) is 13.9. The van der Waals surface area contributed by atoms with Crippen molar-refractivity contribution in [1.29, 1.82) is 0 Å². The van der Waals surface area contributed by atoms with E-state index in [4.69, 9.17) is 9.97 Å². The summed E-state index contributed by atoms with van der Waals surface area (Å²) in [6, 6.07) is 24.3. The van der Waals surface area contributed by atoms with Gasteiger partial charge < -0.3 is 25.5 Å². The van der Waals surface area contributed by atoms with Crippen LogP contribution >= 0.6 is 0 Å². The van der Waals surface area contributed by atoms with Gasteiger partial charge in [-0.05, 0) is 110 Å². The summed E-state index contributed by atoms with van der Waals surface area (Å²) in [5, 5.41) is 7.18. The van der Waals surface area contributed by atoms with Crippen LogP contribution in [0.3, 0.4) is 0 Å². The van der Waals surface area contributed by atoms with E-state index >= 15 is 0 Å². The Morgan fingerprint density at radius 2 is 1.16 bits per heavy atom. The second-order valence-electron chi connectivity index (χ2n) is 13.9. The zero-order valence-corrected chi connectivity index (χ0v) is 25.6. The largest absolute Gasteiger partial charge is 0.357 e. The lowest BCUT2D eigenvalue weighted by Crippen LogP contribution is -2.26. The molecule has 3 saturated heterocycles. The number of aromatic amines is 2. The van der Waals surface area contributed by atoms with E-state index in [1.165, 1.54) is 35.2 Å². The Kier molecular flexibility index (Phi) is 6.57. The summed E-state index contributed by atoms with van der Waals surface area (Å²) in [5.74, 6) is 2.14. The molecule has 0 aliphatic carbocycles. The average Bonchev–Trinajstić information content (AvgIpc) is 3.84. The summed E-state index contributed by atoms with van der Waals surface area (Å²) < 4.78 is 0. The van der Waals surface area contributed by atoms with Crippen LogP contribution in [0.1, 0.15) is 112 Å². The lowest BCUT2D eigenvalue weighted by atomic mass is 9.87. The highest BCUT2D eigenvalue weighted by molar-refractivity contribution is 5.78. The zero-order chi connectivity index (χ0) is 29.1. The van der Waals surface area contributed by atoms with Crippen LogP contribution in [0, 0.1) is 0 Å². The monoisotopic (exact) mass is 573 g/mol. The maximum absolute atomic E-state index is 5.06. The summed E-state index contributed by atoms with van der Waals surface area (Å²) >= 11 is 0. The Bertz CT molecular complexity index is 1640. The van der Waals surface area contributed by atoms with E-state index in [0.717, 1.165) is 72.5 Å². The van der Waals surface area contributed by atoms with Crippen molar-refractivity contribution in [3.8, 4) is 0 Å². The summed E-state index contributed by atoms with van der Waals surface area (Å²) in [6.07, 6.45) is 6.90. The molecule has 1 unspecified atom stereocenters. The van der Waals surface area contributed by atoms with E-state index in [0.29, 0.717) is 12.1 Å². The first-order valence-corrected chi connectivity index (χ1v) is 16.3. The number of nitrogens with one attached hydrogen (secondary N) is 4. The third kappa shape index (κ3) is 4.92.